The van der Waals surface area contributed by atoms with Crippen LogP contribution in [0.5, 0.6) is 11.5 Å². The maximum absolute atomic E-state index is 13.2. The van der Waals surface area contributed by atoms with Crippen molar-refractivity contribution in [3.8, 4) is 11.5 Å². The third-order valence-electron chi connectivity index (χ3n) is 7.19. The van der Waals surface area contributed by atoms with E-state index in [1.807, 2.05) is 27.7 Å². The average Bonchev–Trinajstić information content (AvgIpc) is 2.63. The number of phenols is 2. The van der Waals surface area contributed by atoms with Crippen molar-refractivity contribution in [1.29, 1.82) is 0 Å². The summed E-state index contributed by atoms with van der Waals surface area (Å²) in [6, 6.07) is 1.76. The lowest BCUT2D eigenvalue weighted by atomic mass is 9.49. The van der Waals surface area contributed by atoms with Crippen molar-refractivity contribution in [1.82, 2.24) is 0 Å². The monoisotopic (exact) mass is 414 g/mol. The van der Waals surface area contributed by atoms with Gasteiger partial charge < -0.3 is 14.9 Å². The Morgan fingerprint density at radius 1 is 1.23 bits per heavy atom. The van der Waals surface area contributed by atoms with Gasteiger partial charge in [0.05, 0.1) is 6.61 Å². The molecule has 0 saturated heterocycles. The van der Waals surface area contributed by atoms with E-state index >= 15 is 0 Å². The molecule has 3 rings (SSSR count). The number of hydrogen-bond donors (Lipinski definition) is 2. The quantitative estimate of drug-likeness (QED) is 0.392. The minimum Gasteiger partial charge on any atom is -0.504 e. The number of esters is 1. The summed E-state index contributed by atoms with van der Waals surface area (Å²) in [4.78, 5) is 25.3. The highest BCUT2D eigenvalue weighted by Crippen LogP contribution is 2.60. The maximum atomic E-state index is 13.2. The zero-order valence-corrected chi connectivity index (χ0v) is 19.0. The SMILES string of the molecule is CC(C)=CC(=O)OCC1(C)CCCC2(C)c3c(cc(C(C)C)c(O)c3O)C(=O)CC12. The summed E-state index contributed by atoms with van der Waals surface area (Å²) in [5.41, 5.74) is 1.70. The van der Waals surface area contributed by atoms with Crippen molar-refractivity contribution in [2.24, 2.45) is 11.3 Å². The van der Waals surface area contributed by atoms with Crippen LogP contribution in [-0.2, 0) is 14.9 Å². The summed E-state index contributed by atoms with van der Waals surface area (Å²) in [5, 5.41) is 21.7. The fourth-order valence-corrected chi connectivity index (χ4v) is 5.65. The molecule has 3 unspecified atom stereocenters. The van der Waals surface area contributed by atoms with Gasteiger partial charge in [-0.15, -0.1) is 0 Å². The van der Waals surface area contributed by atoms with Crippen LogP contribution in [0.25, 0.3) is 0 Å². The van der Waals surface area contributed by atoms with Crippen molar-refractivity contribution in [3.05, 3.63) is 34.4 Å². The number of fused-ring (bicyclic) bond motifs is 3. The smallest absolute Gasteiger partial charge is 0.330 e. The van der Waals surface area contributed by atoms with E-state index in [-0.39, 0.29) is 47.1 Å². The van der Waals surface area contributed by atoms with E-state index < -0.39 is 5.41 Å². The lowest BCUT2D eigenvalue weighted by molar-refractivity contribution is -0.144. The summed E-state index contributed by atoms with van der Waals surface area (Å²) in [5.74, 6) is -0.774. The molecule has 5 nitrogen and oxygen atoms in total. The Bertz CT molecular complexity index is 909. The Kier molecular flexibility index (Phi) is 5.78. The molecule has 1 aromatic carbocycles. The second-order valence-corrected chi connectivity index (χ2v) is 10.2. The Morgan fingerprint density at radius 2 is 1.90 bits per heavy atom. The van der Waals surface area contributed by atoms with Crippen LogP contribution in [0.15, 0.2) is 17.7 Å². The molecule has 3 atom stereocenters. The molecule has 0 radical (unpaired) electrons. The first-order valence-corrected chi connectivity index (χ1v) is 10.8. The number of benzene rings is 1. The fraction of sp³-hybridized carbons (Fsp3) is 0.600. The van der Waals surface area contributed by atoms with E-state index in [2.05, 4.69) is 13.8 Å². The summed E-state index contributed by atoms with van der Waals surface area (Å²) < 4.78 is 5.58. The zero-order valence-electron chi connectivity index (χ0n) is 19.0. The van der Waals surface area contributed by atoms with Crippen LogP contribution < -0.4 is 0 Å². The molecule has 2 aliphatic rings. The molecule has 0 heterocycles. The molecule has 2 aliphatic carbocycles. The molecule has 0 amide bonds. The van der Waals surface area contributed by atoms with Crippen LogP contribution in [0.4, 0.5) is 0 Å². The van der Waals surface area contributed by atoms with Gasteiger partial charge in [-0.3, -0.25) is 4.79 Å². The minimum absolute atomic E-state index is 0.00867. The summed E-state index contributed by atoms with van der Waals surface area (Å²) >= 11 is 0. The second-order valence-electron chi connectivity index (χ2n) is 10.2. The van der Waals surface area contributed by atoms with E-state index in [0.29, 0.717) is 23.1 Å². The second kappa shape index (κ2) is 7.75. The van der Waals surface area contributed by atoms with E-state index in [1.165, 1.54) is 6.08 Å². The number of allylic oxidation sites excluding steroid dienone is 1. The van der Waals surface area contributed by atoms with Gasteiger partial charge in [0.15, 0.2) is 17.3 Å². The van der Waals surface area contributed by atoms with Gasteiger partial charge in [-0.2, -0.15) is 0 Å². The number of ketones is 1. The zero-order chi connectivity index (χ0) is 22.4. The normalized spacial score (nSPS) is 28.0. The Balaban J connectivity index is 2.04. The molecule has 0 spiro atoms. The van der Waals surface area contributed by atoms with Crippen LogP contribution in [0.3, 0.4) is 0 Å². The highest BCUT2D eigenvalue weighted by molar-refractivity contribution is 6.01. The molecule has 0 aliphatic heterocycles. The molecular weight excluding hydrogens is 380 g/mol. The van der Waals surface area contributed by atoms with Crippen molar-refractivity contribution in [2.45, 2.75) is 78.6 Å². The van der Waals surface area contributed by atoms with Crippen LogP contribution in [-0.4, -0.2) is 28.6 Å². The first-order valence-electron chi connectivity index (χ1n) is 10.8. The summed E-state index contributed by atoms with van der Waals surface area (Å²) in [6.07, 6.45) is 4.37. The summed E-state index contributed by atoms with van der Waals surface area (Å²) in [6.45, 7) is 11.9. The first-order chi connectivity index (χ1) is 13.9. The van der Waals surface area contributed by atoms with E-state index in [4.69, 9.17) is 4.74 Å². The molecule has 30 heavy (non-hydrogen) atoms. The van der Waals surface area contributed by atoms with Crippen LogP contribution in [0.2, 0.25) is 0 Å². The van der Waals surface area contributed by atoms with Gasteiger partial charge in [0.2, 0.25) is 0 Å². The predicted octanol–water partition coefficient (Wildman–Crippen LogP) is 5.38. The minimum atomic E-state index is -0.476. The molecule has 0 bridgehead atoms. The van der Waals surface area contributed by atoms with Gasteiger partial charge in [-0.1, -0.05) is 39.7 Å². The number of aromatic hydroxyl groups is 2. The first kappa shape index (κ1) is 22.4. The Morgan fingerprint density at radius 3 is 2.50 bits per heavy atom. The molecule has 1 fully saturated rings. The van der Waals surface area contributed by atoms with Crippen molar-refractivity contribution >= 4 is 11.8 Å². The molecule has 1 saturated carbocycles. The number of phenolic OH excluding ortho intramolecular Hbond substituents is 2. The number of hydrogen-bond acceptors (Lipinski definition) is 5. The third kappa shape index (κ3) is 3.63. The number of rotatable bonds is 4. The highest BCUT2D eigenvalue weighted by atomic mass is 16.5. The summed E-state index contributed by atoms with van der Waals surface area (Å²) in [7, 11) is 0. The largest absolute Gasteiger partial charge is 0.504 e. The molecular formula is C25H34O5. The van der Waals surface area contributed by atoms with Crippen LogP contribution >= 0.6 is 0 Å². The van der Waals surface area contributed by atoms with E-state index in [1.54, 1.807) is 6.07 Å². The van der Waals surface area contributed by atoms with Crippen molar-refractivity contribution in [2.75, 3.05) is 6.61 Å². The van der Waals surface area contributed by atoms with Crippen LogP contribution in [0.1, 0.15) is 94.6 Å². The van der Waals surface area contributed by atoms with Crippen molar-refractivity contribution < 1.29 is 24.5 Å². The highest BCUT2D eigenvalue weighted by Gasteiger charge is 2.55. The number of carbonyl (C=O) groups is 2. The van der Waals surface area contributed by atoms with Gasteiger partial charge in [-0.05, 0) is 44.6 Å². The van der Waals surface area contributed by atoms with Gasteiger partial charge >= 0.3 is 5.97 Å². The van der Waals surface area contributed by atoms with Crippen LogP contribution in [0, 0.1) is 11.3 Å². The number of Topliss-reactive ketones (excluding diaryl/α,β-unsaturated/α-hetero) is 1. The lowest BCUT2D eigenvalue weighted by Gasteiger charge is -2.54. The lowest BCUT2D eigenvalue weighted by Crippen LogP contribution is -2.52. The average molecular weight is 415 g/mol. The van der Waals surface area contributed by atoms with Gasteiger partial charge in [0, 0.05) is 40.0 Å². The number of ether oxygens (including phenoxy) is 1. The topological polar surface area (TPSA) is 83.8 Å². The predicted molar refractivity (Wildman–Crippen MR) is 116 cm³/mol. The molecule has 0 aromatic heterocycles. The Hall–Kier alpha value is -2.30. The molecule has 164 valence electrons. The fourth-order valence-electron chi connectivity index (χ4n) is 5.65. The molecule has 5 heteroatoms. The standard InChI is InChI=1S/C25H34O5/c1-14(2)10-20(27)30-13-24(5)8-7-9-25(6)19(24)12-18(26)17-11-16(15(3)4)22(28)23(29)21(17)25/h10-11,15,19,28-29H,7-9,12-13H2,1-6H3. The maximum Gasteiger partial charge on any atom is 0.330 e. The molecule has 2 N–H and O–H groups in total. The number of carbonyl (C=O) groups excluding carboxylic acids is 2. The molecule has 1 aromatic rings. The van der Waals surface area contributed by atoms with Crippen molar-refractivity contribution in [3.63, 3.8) is 0 Å². The Labute approximate surface area is 179 Å². The van der Waals surface area contributed by atoms with Gasteiger partial charge in [-0.25, -0.2) is 4.79 Å². The third-order valence-corrected chi connectivity index (χ3v) is 7.19. The van der Waals surface area contributed by atoms with Gasteiger partial charge in [0.25, 0.3) is 0 Å². The van der Waals surface area contributed by atoms with E-state index in [0.717, 1.165) is 24.8 Å². The van der Waals surface area contributed by atoms with Gasteiger partial charge in [0.1, 0.15) is 0 Å². The van der Waals surface area contributed by atoms with E-state index in [9.17, 15) is 19.8 Å².